The highest BCUT2D eigenvalue weighted by Gasteiger charge is 2.06. The van der Waals surface area contributed by atoms with Gasteiger partial charge in [0.15, 0.2) is 5.43 Å². The van der Waals surface area contributed by atoms with Crippen molar-refractivity contribution in [1.29, 1.82) is 0 Å². The van der Waals surface area contributed by atoms with E-state index in [0.29, 0.717) is 11.8 Å². The molecule has 1 aromatic heterocycles. The largest absolute Gasteiger partial charge is 0.358 e. The average molecular weight is 243 g/mol. The Labute approximate surface area is 108 Å². The monoisotopic (exact) mass is 243 g/mol. The molecule has 2 aromatic rings. The third-order valence-corrected chi connectivity index (χ3v) is 3.20. The molecule has 0 aliphatic rings. The number of hydrogen-bond donors (Lipinski definition) is 1. The number of H-pyrrole nitrogens is 1. The molecule has 2 heteroatoms. The summed E-state index contributed by atoms with van der Waals surface area (Å²) >= 11 is 0. The van der Waals surface area contributed by atoms with E-state index in [1.54, 1.807) is 6.07 Å². The van der Waals surface area contributed by atoms with E-state index in [4.69, 9.17) is 0 Å². The molecule has 96 valence electrons. The van der Waals surface area contributed by atoms with Crippen molar-refractivity contribution in [1.82, 2.24) is 4.98 Å². The van der Waals surface area contributed by atoms with Crippen LogP contribution in [0.15, 0.2) is 29.1 Å². The molecular weight excluding hydrogens is 222 g/mol. The second-order valence-electron chi connectivity index (χ2n) is 5.72. The zero-order valence-electron chi connectivity index (χ0n) is 11.6. The third kappa shape index (κ3) is 2.63. The summed E-state index contributed by atoms with van der Waals surface area (Å²) in [6.45, 7) is 8.60. The van der Waals surface area contributed by atoms with E-state index >= 15 is 0 Å². The molecule has 1 N–H and O–H groups in total. The van der Waals surface area contributed by atoms with Gasteiger partial charge >= 0.3 is 0 Å². The van der Waals surface area contributed by atoms with Crippen molar-refractivity contribution >= 4 is 10.9 Å². The standard InChI is InChI=1S/C16H21NO/c1-10(2)7-13-9-16(18)14-8-12(11(3)4)5-6-15(14)17-13/h5-6,8-11H,7H2,1-4H3,(H,17,18). The van der Waals surface area contributed by atoms with Gasteiger partial charge in [-0.3, -0.25) is 4.79 Å². The predicted molar refractivity (Wildman–Crippen MR) is 77.2 cm³/mol. The van der Waals surface area contributed by atoms with Crippen molar-refractivity contribution in [2.75, 3.05) is 0 Å². The summed E-state index contributed by atoms with van der Waals surface area (Å²) in [6, 6.07) is 7.88. The summed E-state index contributed by atoms with van der Waals surface area (Å²) in [5, 5.41) is 0.800. The van der Waals surface area contributed by atoms with Crippen LogP contribution in [-0.2, 0) is 6.42 Å². The summed E-state index contributed by atoms with van der Waals surface area (Å²) in [6.07, 6.45) is 0.914. The third-order valence-electron chi connectivity index (χ3n) is 3.20. The first kappa shape index (κ1) is 12.9. The highest BCUT2D eigenvalue weighted by Crippen LogP contribution is 2.18. The lowest BCUT2D eigenvalue weighted by molar-refractivity contribution is 0.636. The normalized spacial score (nSPS) is 11.7. The fraction of sp³-hybridized carbons (Fsp3) is 0.438. The van der Waals surface area contributed by atoms with Crippen LogP contribution in [0.3, 0.4) is 0 Å². The maximum atomic E-state index is 12.1. The second-order valence-corrected chi connectivity index (χ2v) is 5.72. The van der Waals surface area contributed by atoms with E-state index in [-0.39, 0.29) is 5.43 Å². The number of aromatic nitrogens is 1. The Balaban J connectivity index is 2.55. The molecule has 0 aliphatic carbocycles. The average Bonchev–Trinajstić information content (AvgIpc) is 2.27. The van der Waals surface area contributed by atoms with Crippen LogP contribution in [0.4, 0.5) is 0 Å². The lowest BCUT2D eigenvalue weighted by atomic mass is 10.00. The Morgan fingerprint density at radius 3 is 2.44 bits per heavy atom. The van der Waals surface area contributed by atoms with Gasteiger partial charge in [0.1, 0.15) is 0 Å². The summed E-state index contributed by atoms with van der Waals surface area (Å²) in [5.74, 6) is 0.997. The first-order chi connectivity index (χ1) is 8.47. The van der Waals surface area contributed by atoms with Gasteiger partial charge in [0, 0.05) is 22.7 Å². The number of fused-ring (bicyclic) bond motifs is 1. The number of hydrogen-bond acceptors (Lipinski definition) is 1. The Morgan fingerprint density at radius 2 is 1.83 bits per heavy atom. The minimum Gasteiger partial charge on any atom is -0.358 e. The molecule has 0 saturated heterocycles. The Kier molecular flexibility index (Phi) is 3.55. The molecule has 0 bridgehead atoms. The minimum atomic E-state index is 0.127. The Hall–Kier alpha value is -1.57. The van der Waals surface area contributed by atoms with Crippen LogP contribution < -0.4 is 5.43 Å². The fourth-order valence-electron chi connectivity index (χ4n) is 2.23. The van der Waals surface area contributed by atoms with Gasteiger partial charge in [0.2, 0.25) is 0 Å². The molecule has 0 unspecified atom stereocenters. The maximum Gasteiger partial charge on any atom is 0.189 e. The van der Waals surface area contributed by atoms with E-state index in [9.17, 15) is 4.79 Å². The van der Waals surface area contributed by atoms with Crippen LogP contribution >= 0.6 is 0 Å². The van der Waals surface area contributed by atoms with E-state index in [1.165, 1.54) is 5.56 Å². The van der Waals surface area contributed by atoms with Crippen LogP contribution in [0.5, 0.6) is 0 Å². The number of pyridine rings is 1. The van der Waals surface area contributed by atoms with Crippen LogP contribution in [0.1, 0.15) is 44.9 Å². The van der Waals surface area contributed by atoms with Gasteiger partial charge < -0.3 is 4.98 Å². The first-order valence-corrected chi connectivity index (χ1v) is 6.63. The highest BCUT2D eigenvalue weighted by atomic mass is 16.1. The van der Waals surface area contributed by atoms with Crippen molar-refractivity contribution in [3.63, 3.8) is 0 Å². The molecular formula is C16H21NO. The summed E-state index contributed by atoms with van der Waals surface area (Å²) in [5.41, 5.74) is 3.31. The van der Waals surface area contributed by atoms with E-state index in [1.807, 2.05) is 12.1 Å². The fourth-order valence-corrected chi connectivity index (χ4v) is 2.23. The van der Waals surface area contributed by atoms with E-state index < -0.39 is 0 Å². The first-order valence-electron chi connectivity index (χ1n) is 6.63. The van der Waals surface area contributed by atoms with Crippen LogP contribution in [0, 0.1) is 5.92 Å². The van der Waals surface area contributed by atoms with Gasteiger partial charge in [-0.2, -0.15) is 0 Å². The van der Waals surface area contributed by atoms with Gasteiger partial charge in [-0.1, -0.05) is 33.8 Å². The van der Waals surface area contributed by atoms with Gasteiger partial charge in [-0.05, 0) is 36.0 Å². The smallest absolute Gasteiger partial charge is 0.189 e. The molecule has 18 heavy (non-hydrogen) atoms. The molecule has 0 amide bonds. The van der Waals surface area contributed by atoms with Crippen molar-refractivity contribution in [3.8, 4) is 0 Å². The van der Waals surface area contributed by atoms with Crippen molar-refractivity contribution in [2.24, 2.45) is 5.92 Å². The molecule has 0 atom stereocenters. The topological polar surface area (TPSA) is 32.9 Å². The molecule has 2 rings (SSSR count). The van der Waals surface area contributed by atoms with Crippen molar-refractivity contribution in [2.45, 2.75) is 40.0 Å². The van der Waals surface area contributed by atoms with Crippen molar-refractivity contribution in [3.05, 3.63) is 45.7 Å². The summed E-state index contributed by atoms with van der Waals surface area (Å²) in [7, 11) is 0. The Bertz CT molecular complexity index is 608. The number of benzene rings is 1. The molecule has 0 aliphatic heterocycles. The highest BCUT2D eigenvalue weighted by molar-refractivity contribution is 5.79. The molecule has 2 nitrogen and oxygen atoms in total. The summed E-state index contributed by atoms with van der Waals surface area (Å²) in [4.78, 5) is 15.5. The minimum absolute atomic E-state index is 0.127. The SMILES string of the molecule is CC(C)Cc1cc(=O)c2cc(C(C)C)ccc2[nH]1. The molecule has 1 aromatic carbocycles. The molecule has 0 spiro atoms. The van der Waals surface area contributed by atoms with Gasteiger partial charge in [-0.25, -0.2) is 0 Å². The van der Waals surface area contributed by atoms with Crippen LogP contribution in [-0.4, -0.2) is 4.98 Å². The zero-order chi connectivity index (χ0) is 13.3. The van der Waals surface area contributed by atoms with Gasteiger partial charge in [0.05, 0.1) is 0 Å². The molecule has 0 saturated carbocycles. The summed E-state index contributed by atoms with van der Waals surface area (Å²) < 4.78 is 0. The maximum absolute atomic E-state index is 12.1. The lowest BCUT2D eigenvalue weighted by Gasteiger charge is -2.09. The quantitative estimate of drug-likeness (QED) is 0.872. The lowest BCUT2D eigenvalue weighted by Crippen LogP contribution is -2.07. The van der Waals surface area contributed by atoms with Crippen molar-refractivity contribution < 1.29 is 0 Å². The number of aromatic amines is 1. The van der Waals surface area contributed by atoms with Gasteiger partial charge in [-0.15, -0.1) is 0 Å². The molecule has 0 radical (unpaired) electrons. The molecule has 0 fully saturated rings. The van der Waals surface area contributed by atoms with Crippen LogP contribution in [0.2, 0.25) is 0 Å². The van der Waals surface area contributed by atoms with Gasteiger partial charge in [0.25, 0.3) is 0 Å². The number of rotatable bonds is 3. The van der Waals surface area contributed by atoms with E-state index in [0.717, 1.165) is 23.0 Å². The zero-order valence-corrected chi connectivity index (χ0v) is 11.6. The Morgan fingerprint density at radius 1 is 1.11 bits per heavy atom. The number of nitrogens with one attached hydrogen (secondary N) is 1. The second kappa shape index (κ2) is 4.97. The van der Waals surface area contributed by atoms with E-state index in [2.05, 4.69) is 38.7 Å². The molecule has 1 heterocycles. The van der Waals surface area contributed by atoms with Crippen LogP contribution in [0.25, 0.3) is 10.9 Å². The predicted octanol–water partition coefficient (Wildman–Crippen LogP) is 3.85.